The molecule has 0 aliphatic heterocycles. The zero-order valence-electron chi connectivity index (χ0n) is 3.47. The number of rotatable bonds is 0. The molecule has 1 aromatic heterocycles. The van der Waals surface area contributed by atoms with E-state index < -0.39 is 0 Å². The van der Waals surface area contributed by atoms with Crippen LogP contribution in [-0.2, 0) is 0 Å². The first-order valence-electron chi connectivity index (χ1n) is 1.61. The lowest BCUT2D eigenvalue weighted by Gasteiger charge is -1.50. The van der Waals surface area contributed by atoms with Crippen molar-refractivity contribution in [2.45, 2.75) is 0 Å². The van der Waals surface area contributed by atoms with Crippen LogP contribution in [-0.4, -0.2) is 0 Å². The Morgan fingerprint density at radius 2 is 1.43 bits per heavy atom. The predicted molar refractivity (Wildman–Crippen MR) is 36.6 cm³/mol. The van der Waals surface area contributed by atoms with Crippen molar-refractivity contribution in [3.05, 3.63) is 24.7 Å². The fourth-order valence-electron chi connectivity index (χ4n) is 0.227. The highest BCUT2D eigenvalue weighted by Gasteiger charge is 1.58. The van der Waals surface area contributed by atoms with Gasteiger partial charge in [0.15, 0.2) is 0 Å². The van der Waals surface area contributed by atoms with Gasteiger partial charge >= 0.3 is 0 Å². The van der Waals surface area contributed by atoms with Crippen LogP contribution in [0.3, 0.4) is 0 Å². The van der Waals surface area contributed by atoms with Gasteiger partial charge in [-0.1, -0.05) is 0 Å². The van der Waals surface area contributed by atoms with Gasteiger partial charge in [0.05, 0.1) is 12.5 Å². The van der Waals surface area contributed by atoms with Crippen molar-refractivity contribution < 1.29 is 4.42 Å². The summed E-state index contributed by atoms with van der Waals surface area (Å²) in [5.74, 6) is 0. The summed E-state index contributed by atoms with van der Waals surface area (Å²) < 4.78 is 4.58. The molecule has 1 nitrogen and oxygen atoms in total. The fraction of sp³-hybridized carbons (Fsp3) is 0. The highest BCUT2D eigenvalue weighted by Crippen LogP contribution is 1.85. The molecular formula is C4H4Br2O. The molecule has 1 heterocycles. The Bertz CT molecular complexity index is 66.2. The molecule has 0 spiro atoms. The van der Waals surface area contributed by atoms with Gasteiger partial charge in [0.2, 0.25) is 0 Å². The van der Waals surface area contributed by atoms with E-state index in [4.69, 9.17) is 0 Å². The van der Waals surface area contributed by atoms with E-state index in [1.54, 1.807) is 12.5 Å². The Kier molecular flexibility index (Phi) is 6.45. The molecule has 40 valence electrons. The maximum Gasteiger partial charge on any atom is 0.0902 e. The third-order valence-corrected chi connectivity index (χ3v) is 0.425. The Labute approximate surface area is 57.5 Å². The minimum atomic E-state index is 1.62. The van der Waals surface area contributed by atoms with Crippen molar-refractivity contribution in [2.24, 2.45) is 0 Å². The quantitative estimate of drug-likeness (QED) is 0.665. The van der Waals surface area contributed by atoms with Gasteiger partial charge < -0.3 is 4.42 Å². The molecule has 3 heteroatoms. The first-order chi connectivity index (χ1) is 3.50. The SMILES string of the molecule is BrBr.c1ccoc1. The molecule has 0 atom stereocenters. The van der Waals surface area contributed by atoms with E-state index >= 15 is 0 Å². The molecule has 0 saturated carbocycles. The molecule has 0 fully saturated rings. The second-order valence-electron chi connectivity index (χ2n) is 0.793. The van der Waals surface area contributed by atoms with Crippen LogP contribution in [0.1, 0.15) is 0 Å². The molecule has 0 aromatic carbocycles. The van der Waals surface area contributed by atoms with E-state index in [0.29, 0.717) is 0 Å². The molecule has 0 aliphatic rings. The monoisotopic (exact) mass is 226 g/mol. The lowest BCUT2D eigenvalue weighted by Crippen LogP contribution is -1.16. The average Bonchev–Trinajstić information content (AvgIpc) is 2.23. The zero-order valence-corrected chi connectivity index (χ0v) is 6.65. The molecule has 1 aromatic rings. The Morgan fingerprint density at radius 3 is 1.57 bits per heavy atom. The van der Waals surface area contributed by atoms with Gasteiger partial charge in [-0.15, -0.1) is 0 Å². The van der Waals surface area contributed by atoms with Gasteiger partial charge in [0.1, 0.15) is 0 Å². The lowest BCUT2D eigenvalue weighted by atomic mass is 10.7. The molecule has 0 amide bonds. The first kappa shape index (κ1) is 7.24. The van der Waals surface area contributed by atoms with Crippen LogP contribution < -0.4 is 0 Å². The zero-order chi connectivity index (χ0) is 5.54. The van der Waals surface area contributed by atoms with Crippen molar-refractivity contribution in [1.29, 1.82) is 0 Å². The van der Waals surface area contributed by atoms with Gasteiger partial charge in [-0.05, 0) is 12.1 Å². The number of hydrogen-bond acceptors (Lipinski definition) is 1. The van der Waals surface area contributed by atoms with Gasteiger partial charge in [-0.2, -0.15) is 0 Å². The molecule has 1 rings (SSSR count). The molecule has 0 saturated heterocycles. The average molecular weight is 228 g/mol. The fourth-order valence-corrected chi connectivity index (χ4v) is 0.227. The van der Waals surface area contributed by atoms with Gasteiger partial charge in [-0.25, -0.2) is 0 Å². The van der Waals surface area contributed by atoms with Gasteiger partial charge in [0, 0.05) is 28.3 Å². The van der Waals surface area contributed by atoms with E-state index in [9.17, 15) is 0 Å². The third-order valence-electron chi connectivity index (χ3n) is 0.425. The van der Waals surface area contributed by atoms with Crippen molar-refractivity contribution in [2.75, 3.05) is 0 Å². The normalized spacial score (nSPS) is 6.57. The smallest absolute Gasteiger partial charge is 0.0902 e. The largest absolute Gasteiger partial charge is 0.473 e. The van der Waals surface area contributed by atoms with E-state index in [1.807, 2.05) is 12.1 Å². The minimum Gasteiger partial charge on any atom is -0.473 e. The Balaban J connectivity index is 0.000000162. The van der Waals surface area contributed by atoms with E-state index in [2.05, 4.69) is 32.7 Å². The molecule has 0 radical (unpaired) electrons. The van der Waals surface area contributed by atoms with Crippen LogP contribution in [0.2, 0.25) is 0 Å². The summed E-state index contributed by atoms with van der Waals surface area (Å²) in [5, 5.41) is 0. The Morgan fingerprint density at radius 1 is 1.00 bits per heavy atom. The molecule has 0 aliphatic carbocycles. The molecule has 0 unspecified atom stereocenters. The first-order valence-corrected chi connectivity index (χ1v) is 5.33. The summed E-state index contributed by atoms with van der Waals surface area (Å²) >= 11 is 5.50. The van der Waals surface area contributed by atoms with Crippen molar-refractivity contribution in [1.82, 2.24) is 0 Å². The predicted octanol–water partition coefficient (Wildman–Crippen LogP) is 2.97. The summed E-state index contributed by atoms with van der Waals surface area (Å²) in [6, 6.07) is 3.67. The van der Waals surface area contributed by atoms with E-state index in [-0.39, 0.29) is 0 Å². The van der Waals surface area contributed by atoms with E-state index in [1.165, 1.54) is 0 Å². The van der Waals surface area contributed by atoms with E-state index in [0.717, 1.165) is 0 Å². The minimum absolute atomic E-state index is 1.62. The summed E-state index contributed by atoms with van der Waals surface area (Å²) in [6.07, 6.45) is 3.25. The third kappa shape index (κ3) is 4.09. The molecule has 7 heavy (non-hydrogen) atoms. The topological polar surface area (TPSA) is 13.1 Å². The van der Waals surface area contributed by atoms with Crippen molar-refractivity contribution >= 4 is 28.3 Å². The number of furan rings is 1. The number of halogens is 2. The molecule has 0 N–H and O–H groups in total. The second-order valence-corrected chi connectivity index (χ2v) is 0.793. The lowest BCUT2D eigenvalue weighted by molar-refractivity contribution is 0.567. The highest BCUT2D eigenvalue weighted by molar-refractivity contribution is 9.93. The summed E-state index contributed by atoms with van der Waals surface area (Å²) in [7, 11) is 0. The molecule has 0 bridgehead atoms. The maximum absolute atomic E-state index is 4.58. The van der Waals surface area contributed by atoms with Crippen LogP contribution in [0, 0.1) is 0 Å². The van der Waals surface area contributed by atoms with Crippen LogP contribution in [0.5, 0.6) is 0 Å². The Hall–Kier alpha value is 0.240. The van der Waals surface area contributed by atoms with Crippen molar-refractivity contribution in [3.63, 3.8) is 0 Å². The summed E-state index contributed by atoms with van der Waals surface area (Å²) in [6.45, 7) is 0. The molecular weight excluding hydrogens is 224 g/mol. The van der Waals surface area contributed by atoms with Gasteiger partial charge in [-0.3, -0.25) is 0 Å². The van der Waals surface area contributed by atoms with Crippen LogP contribution in [0.15, 0.2) is 29.1 Å². The summed E-state index contributed by atoms with van der Waals surface area (Å²) in [4.78, 5) is 0. The maximum atomic E-state index is 4.58. The van der Waals surface area contributed by atoms with Crippen LogP contribution >= 0.6 is 28.3 Å². The van der Waals surface area contributed by atoms with Crippen LogP contribution in [0.25, 0.3) is 0 Å². The van der Waals surface area contributed by atoms with Crippen LogP contribution in [0.4, 0.5) is 0 Å². The van der Waals surface area contributed by atoms with Crippen molar-refractivity contribution in [3.8, 4) is 0 Å². The summed E-state index contributed by atoms with van der Waals surface area (Å²) in [5.41, 5.74) is 0. The van der Waals surface area contributed by atoms with Gasteiger partial charge in [0.25, 0.3) is 0 Å². The second kappa shape index (κ2) is 6.24. The standard InChI is InChI=1S/C4H4O.Br2/c1-2-4-5-3-1;1-2/h1-4H;. The highest BCUT2D eigenvalue weighted by atomic mass is 80.9. The number of hydrogen-bond donors (Lipinski definition) is 0.